The molecule has 0 unspecified atom stereocenters. The van der Waals surface area contributed by atoms with Gasteiger partial charge in [-0.2, -0.15) is 13.2 Å². The molecule has 7 heteroatoms. The average Bonchev–Trinajstić information content (AvgIpc) is 2.60. The molecule has 0 atom stereocenters. The summed E-state index contributed by atoms with van der Waals surface area (Å²) in [6.45, 7) is -0.133. The summed E-state index contributed by atoms with van der Waals surface area (Å²) >= 11 is 3.15. The van der Waals surface area contributed by atoms with Crippen LogP contribution in [0.3, 0.4) is 0 Å². The van der Waals surface area contributed by atoms with Crippen LogP contribution in [0.1, 0.15) is 17.5 Å². The monoisotopic (exact) mass is 343 g/mol. The van der Waals surface area contributed by atoms with Gasteiger partial charge in [0.25, 0.3) is 5.92 Å². The number of benzene rings is 1. The van der Waals surface area contributed by atoms with E-state index < -0.39 is 24.2 Å². The molecule has 106 valence electrons. The summed E-state index contributed by atoms with van der Waals surface area (Å²) in [4.78, 5) is 1.46. The van der Waals surface area contributed by atoms with Crippen LogP contribution in [0.2, 0.25) is 0 Å². The zero-order chi connectivity index (χ0) is 14.3. The van der Waals surface area contributed by atoms with E-state index in [-0.39, 0.29) is 19.5 Å². The lowest BCUT2D eigenvalue weighted by Crippen LogP contribution is -2.25. The first kappa shape index (κ1) is 14.7. The Kier molecular flexibility index (Phi) is 3.88. The van der Waals surface area contributed by atoms with Gasteiger partial charge in [-0.05, 0) is 23.8 Å². The molecule has 19 heavy (non-hydrogen) atoms. The molecule has 0 saturated carbocycles. The quantitative estimate of drug-likeness (QED) is 0.723. The third-order valence-corrected chi connectivity index (χ3v) is 3.79. The van der Waals surface area contributed by atoms with E-state index in [1.54, 1.807) is 0 Å². The zero-order valence-electron chi connectivity index (χ0n) is 9.78. The molecule has 0 amide bonds. The van der Waals surface area contributed by atoms with Gasteiger partial charge < -0.3 is 0 Å². The lowest BCUT2D eigenvalue weighted by atomic mass is 10.1. The van der Waals surface area contributed by atoms with Crippen molar-refractivity contribution < 1.29 is 22.0 Å². The standard InChI is InChI=1S/C12H11BrF5N/c13-10-2-1-9(12(16,17)18)5-8(10)6-19-4-3-11(14,15)7-19/h1-2,5H,3-4,6-7H2. The van der Waals surface area contributed by atoms with E-state index in [0.717, 1.165) is 12.1 Å². The SMILES string of the molecule is FC1(F)CCN(Cc2cc(C(F)(F)F)ccc2Br)C1. The molecule has 2 rings (SSSR count). The van der Waals surface area contributed by atoms with E-state index in [0.29, 0.717) is 10.0 Å². The van der Waals surface area contributed by atoms with Crippen molar-refractivity contribution in [3.8, 4) is 0 Å². The van der Waals surface area contributed by atoms with Crippen LogP contribution in [0.4, 0.5) is 22.0 Å². The number of rotatable bonds is 2. The summed E-state index contributed by atoms with van der Waals surface area (Å²) in [7, 11) is 0. The highest BCUT2D eigenvalue weighted by atomic mass is 79.9. The van der Waals surface area contributed by atoms with Gasteiger partial charge in [0.2, 0.25) is 0 Å². The van der Waals surface area contributed by atoms with Gasteiger partial charge in [0.1, 0.15) is 0 Å². The Morgan fingerprint density at radius 1 is 1.26 bits per heavy atom. The predicted molar refractivity (Wildman–Crippen MR) is 64.0 cm³/mol. The van der Waals surface area contributed by atoms with Crippen molar-refractivity contribution in [1.82, 2.24) is 4.90 Å². The first-order valence-electron chi connectivity index (χ1n) is 5.63. The van der Waals surface area contributed by atoms with Gasteiger partial charge in [-0.3, -0.25) is 4.90 Å². The Morgan fingerprint density at radius 2 is 1.95 bits per heavy atom. The molecule has 0 N–H and O–H groups in total. The number of hydrogen-bond donors (Lipinski definition) is 0. The van der Waals surface area contributed by atoms with Crippen LogP contribution < -0.4 is 0 Å². The molecule has 1 aromatic carbocycles. The topological polar surface area (TPSA) is 3.24 Å². The molecular formula is C12H11BrF5N. The Balaban J connectivity index is 2.16. The summed E-state index contributed by atoms with van der Waals surface area (Å²) in [5, 5.41) is 0. The second-order valence-corrected chi connectivity index (χ2v) is 5.47. The molecule has 0 spiro atoms. The Labute approximate surface area is 115 Å². The fraction of sp³-hybridized carbons (Fsp3) is 0.500. The van der Waals surface area contributed by atoms with Crippen molar-refractivity contribution in [3.05, 3.63) is 33.8 Å². The van der Waals surface area contributed by atoms with E-state index in [1.165, 1.54) is 11.0 Å². The number of alkyl halides is 5. The molecule has 0 radical (unpaired) electrons. The van der Waals surface area contributed by atoms with Gasteiger partial charge in [-0.1, -0.05) is 15.9 Å². The van der Waals surface area contributed by atoms with Crippen LogP contribution in [0.25, 0.3) is 0 Å². The lowest BCUT2D eigenvalue weighted by molar-refractivity contribution is -0.137. The maximum Gasteiger partial charge on any atom is 0.416 e. The van der Waals surface area contributed by atoms with Crippen molar-refractivity contribution in [1.29, 1.82) is 0 Å². The predicted octanol–water partition coefficient (Wildman–Crippen LogP) is 4.31. The minimum atomic E-state index is -4.43. The second kappa shape index (κ2) is 5.01. The molecule has 1 aromatic rings. The molecule has 0 bridgehead atoms. The smallest absolute Gasteiger partial charge is 0.293 e. The van der Waals surface area contributed by atoms with Gasteiger partial charge in [0.15, 0.2) is 0 Å². The number of likely N-dealkylation sites (tertiary alicyclic amines) is 1. The van der Waals surface area contributed by atoms with Gasteiger partial charge in [-0.15, -0.1) is 0 Å². The highest BCUT2D eigenvalue weighted by Crippen LogP contribution is 2.33. The Hall–Kier alpha value is -0.690. The molecular weight excluding hydrogens is 333 g/mol. The minimum absolute atomic E-state index is 0.0834. The van der Waals surface area contributed by atoms with Crippen LogP contribution in [-0.4, -0.2) is 23.9 Å². The van der Waals surface area contributed by atoms with E-state index in [1.807, 2.05) is 0 Å². The van der Waals surface area contributed by atoms with Crippen LogP contribution in [0, 0.1) is 0 Å². The number of nitrogens with zero attached hydrogens (tertiary/aromatic N) is 1. The second-order valence-electron chi connectivity index (χ2n) is 4.62. The summed E-state index contributed by atoms with van der Waals surface area (Å²) in [5.41, 5.74) is -0.399. The van der Waals surface area contributed by atoms with E-state index >= 15 is 0 Å². The first-order chi connectivity index (χ1) is 8.67. The molecule has 1 aliphatic heterocycles. The summed E-state index contributed by atoms with van der Waals surface area (Å²) in [5.74, 6) is -2.74. The third-order valence-electron chi connectivity index (χ3n) is 3.02. The zero-order valence-corrected chi connectivity index (χ0v) is 11.4. The minimum Gasteiger partial charge on any atom is -0.293 e. The largest absolute Gasteiger partial charge is 0.416 e. The van der Waals surface area contributed by atoms with Crippen molar-refractivity contribution in [2.45, 2.75) is 25.1 Å². The van der Waals surface area contributed by atoms with Gasteiger partial charge in [-0.25, -0.2) is 8.78 Å². The number of halogens is 6. The van der Waals surface area contributed by atoms with Crippen LogP contribution >= 0.6 is 15.9 Å². The molecule has 1 fully saturated rings. The molecule has 0 aromatic heterocycles. The normalized spacial score (nSPS) is 19.9. The van der Waals surface area contributed by atoms with Gasteiger partial charge in [0.05, 0.1) is 12.1 Å². The van der Waals surface area contributed by atoms with E-state index in [2.05, 4.69) is 15.9 Å². The van der Waals surface area contributed by atoms with Crippen molar-refractivity contribution in [2.75, 3.05) is 13.1 Å². The van der Waals surface area contributed by atoms with Crippen molar-refractivity contribution >= 4 is 15.9 Å². The summed E-state index contributed by atoms with van der Waals surface area (Å²) in [6.07, 6.45) is -4.67. The fourth-order valence-corrected chi connectivity index (χ4v) is 2.43. The summed E-state index contributed by atoms with van der Waals surface area (Å²) in [6, 6.07) is 3.26. The third kappa shape index (κ3) is 3.66. The van der Waals surface area contributed by atoms with E-state index in [4.69, 9.17) is 0 Å². The maximum absolute atomic E-state index is 13.0. The van der Waals surface area contributed by atoms with E-state index in [9.17, 15) is 22.0 Å². The van der Waals surface area contributed by atoms with Crippen LogP contribution in [-0.2, 0) is 12.7 Å². The average molecular weight is 344 g/mol. The molecule has 1 heterocycles. The molecule has 1 nitrogen and oxygen atoms in total. The molecule has 0 aliphatic carbocycles. The molecule has 1 saturated heterocycles. The Bertz CT molecular complexity index is 472. The first-order valence-corrected chi connectivity index (χ1v) is 6.42. The van der Waals surface area contributed by atoms with Gasteiger partial charge in [0, 0.05) is 24.0 Å². The molecule has 1 aliphatic rings. The highest BCUT2D eigenvalue weighted by molar-refractivity contribution is 9.10. The van der Waals surface area contributed by atoms with Gasteiger partial charge >= 0.3 is 6.18 Å². The number of hydrogen-bond acceptors (Lipinski definition) is 1. The highest BCUT2D eigenvalue weighted by Gasteiger charge is 2.38. The summed E-state index contributed by atoms with van der Waals surface area (Å²) < 4.78 is 64.3. The van der Waals surface area contributed by atoms with Crippen LogP contribution in [0.15, 0.2) is 22.7 Å². The van der Waals surface area contributed by atoms with Crippen molar-refractivity contribution in [2.24, 2.45) is 0 Å². The van der Waals surface area contributed by atoms with Crippen LogP contribution in [0.5, 0.6) is 0 Å². The lowest BCUT2D eigenvalue weighted by Gasteiger charge is -2.17. The fourth-order valence-electron chi connectivity index (χ4n) is 2.06. The Morgan fingerprint density at radius 3 is 2.47 bits per heavy atom. The van der Waals surface area contributed by atoms with Crippen molar-refractivity contribution in [3.63, 3.8) is 0 Å². The maximum atomic E-state index is 13.0.